The van der Waals surface area contributed by atoms with Crippen LogP contribution in [0.5, 0.6) is 0 Å². The fourth-order valence-corrected chi connectivity index (χ4v) is 3.80. The van der Waals surface area contributed by atoms with Gasteiger partial charge in [0, 0.05) is 24.2 Å². The monoisotopic (exact) mass is 480 g/mol. The highest BCUT2D eigenvalue weighted by Gasteiger charge is 2.23. The lowest BCUT2D eigenvalue weighted by Gasteiger charge is -2.20. The SMILES string of the molecule is O=C1Nc2cc3c(cc2CCN1Cc1ccc(F)cc1)c(I)nn3C(=O)O. The molecule has 2 N–H and O–H groups in total. The second-order valence-corrected chi connectivity index (χ2v) is 7.26. The van der Waals surface area contributed by atoms with E-state index < -0.39 is 6.09 Å². The van der Waals surface area contributed by atoms with E-state index in [1.165, 1.54) is 12.1 Å². The molecule has 2 aromatic carbocycles. The predicted octanol–water partition coefficient (Wildman–Crippen LogP) is 3.90. The van der Waals surface area contributed by atoms with Crippen LogP contribution in [0.2, 0.25) is 0 Å². The van der Waals surface area contributed by atoms with E-state index in [-0.39, 0.29) is 11.8 Å². The lowest BCUT2D eigenvalue weighted by molar-refractivity contribution is 0.194. The molecular formula is C18H14FIN4O3. The molecule has 2 heterocycles. The smallest absolute Gasteiger partial charge is 0.432 e. The van der Waals surface area contributed by atoms with Gasteiger partial charge in [0.2, 0.25) is 0 Å². The van der Waals surface area contributed by atoms with Crippen LogP contribution in [0.15, 0.2) is 36.4 Å². The number of nitrogens with one attached hydrogen (secondary N) is 1. The van der Waals surface area contributed by atoms with E-state index in [0.29, 0.717) is 34.4 Å². The number of anilines is 1. The van der Waals surface area contributed by atoms with Crippen LogP contribution in [-0.4, -0.2) is 38.5 Å². The molecule has 27 heavy (non-hydrogen) atoms. The van der Waals surface area contributed by atoms with Crippen molar-refractivity contribution in [1.29, 1.82) is 0 Å². The summed E-state index contributed by atoms with van der Waals surface area (Å²) in [5, 5.41) is 16.9. The molecule has 7 nitrogen and oxygen atoms in total. The first-order valence-electron chi connectivity index (χ1n) is 8.17. The number of halogens is 2. The van der Waals surface area contributed by atoms with Crippen LogP contribution in [0.3, 0.4) is 0 Å². The number of fused-ring (bicyclic) bond motifs is 2. The highest BCUT2D eigenvalue weighted by Crippen LogP contribution is 2.30. The van der Waals surface area contributed by atoms with E-state index in [0.717, 1.165) is 21.2 Å². The molecule has 0 fully saturated rings. The number of amides is 2. The number of urea groups is 1. The summed E-state index contributed by atoms with van der Waals surface area (Å²) in [5.41, 5.74) is 2.75. The van der Waals surface area contributed by atoms with Gasteiger partial charge in [0.1, 0.15) is 9.52 Å². The molecule has 2 amide bonds. The van der Waals surface area contributed by atoms with Crippen molar-refractivity contribution < 1.29 is 19.1 Å². The fraction of sp³-hybridized carbons (Fsp3) is 0.167. The van der Waals surface area contributed by atoms with Crippen LogP contribution in [0, 0.1) is 9.52 Å². The lowest BCUT2D eigenvalue weighted by Crippen LogP contribution is -2.34. The second kappa shape index (κ2) is 6.80. The maximum absolute atomic E-state index is 13.1. The maximum Gasteiger partial charge on any atom is 0.432 e. The third-order valence-corrected chi connectivity index (χ3v) is 5.30. The second-order valence-electron chi connectivity index (χ2n) is 6.24. The average Bonchev–Trinajstić information content (AvgIpc) is 2.87. The zero-order chi connectivity index (χ0) is 19.1. The van der Waals surface area contributed by atoms with Crippen molar-refractivity contribution in [2.45, 2.75) is 13.0 Å². The summed E-state index contributed by atoms with van der Waals surface area (Å²) in [5.74, 6) is -0.319. The largest absolute Gasteiger partial charge is 0.463 e. The summed E-state index contributed by atoms with van der Waals surface area (Å²) in [6.07, 6.45) is -0.569. The molecule has 4 rings (SSSR count). The molecular weight excluding hydrogens is 466 g/mol. The van der Waals surface area contributed by atoms with Gasteiger partial charge < -0.3 is 15.3 Å². The van der Waals surface area contributed by atoms with Crippen LogP contribution in [0.1, 0.15) is 11.1 Å². The van der Waals surface area contributed by atoms with E-state index in [4.69, 9.17) is 0 Å². The Morgan fingerprint density at radius 1 is 1.30 bits per heavy atom. The summed E-state index contributed by atoms with van der Waals surface area (Å²) < 4.78 is 14.6. The van der Waals surface area contributed by atoms with Crippen molar-refractivity contribution >= 4 is 51.3 Å². The number of hydrogen-bond acceptors (Lipinski definition) is 3. The van der Waals surface area contributed by atoms with Crippen LogP contribution in [0.4, 0.5) is 19.7 Å². The number of carbonyl (C=O) groups is 2. The predicted molar refractivity (Wildman–Crippen MR) is 105 cm³/mol. The first-order valence-corrected chi connectivity index (χ1v) is 9.25. The highest BCUT2D eigenvalue weighted by molar-refractivity contribution is 14.1. The number of aromatic nitrogens is 2. The molecule has 3 aromatic rings. The van der Waals surface area contributed by atoms with Crippen molar-refractivity contribution in [3.8, 4) is 0 Å². The molecule has 9 heteroatoms. The molecule has 138 valence electrons. The summed E-state index contributed by atoms with van der Waals surface area (Å²) in [4.78, 5) is 25.6. The van der Waals surface area contributed by atoms with E-state index in [2.05, 4.69) is 10.4 Å². The van der Waals surface area contributed by atoms with Crippen LogP contribution in [0.25, 0.3) is 10.9 Å². The Morgan fingerprint density at radius 3 is 2.74 bits per heavy atom. The Balaban J connectivity index is 1.65. The molecule has 0 bridgehead atoms. The Hall–Kier alpha value is -2.69. The molecule has 0 aliphatic carbocycles. The summed E-state index contributed by atoms with van der Waals surface area (Å²) in [7, 11) is 0. The molecule has 1 aromatic heterocycles. The third kappa shape index (κ3) is 3.34. The van der Waals surface area contributed by atoms with Gasteiger partial charge in [0.25, 0.3) is 0 Å². The average molecular weight is 480 g/mol. The van der Waals surface area contributed by atoms with Gasteiger partial charge in [-0.2, -0.15) is 9.78 Å². The molecule has 1 aliphatic rings. The number of nitrogens with zero attached hydrogens (tertiary/aromatic N) is 3. The minimum absolute atomic E-state index is 0.284. The Bertz CT molecular complexity index is 1060. The van der Waals surface area contributed by atoms with Gasteiger partial charge >= 0.3 is 12.1 Å². The Labute approximate surface area is 166 Å². The van der Waals surface area contributed by atoms with Crippen LogP contribution < -0.4 is 5.32 Å². The van der Waals surface area contributed by atoms with Crippen LogP contribution in [-0.2, 0) is 13.0 Å². The summed E-state index contributed by atoms with van der Waals surface area (Å²) in [6.45, 7) is 0.853. The lowest BCUT2D eigenvalue weighted by atomic mass is 10.1. The van der Waals surface area contributed by atoms with E-state index in [1.54, 1.807) is 23.1 Å². The van der Waals surface area contributed by atoms with Gasteiger partial charge in [-0.3, -0.25) is 0 Å². The molecule has 1 aliphatic heterocycles. The zero-order valence-corrected chi connectivity index (χ0v) is 16.1. The van der Waals surface area contributed by atoms with Gasteiger partial charge in [-0.1, -0.05) is 12.1 Å². The summed E-state index contributed by atoms with van der Waals surface area (Å²) in [6, 6.07) is 9.28. The number of rotatable bonds is 2. The fourth-order valence-electron chi connectivity index (χ4n) is 3.15. The summed E-state index contributed by atoms with van der Waals surface area (Å²) >= 11 is 2.00. The zero-order valence-electron chi connectivity index (χ0n) is 13.9. The first kappa shape index (κ1) is 17.7. The number of carbonyl (C=O) groups excluding carboxylic acids is 1. The number of hydrogen-bond donors (Lipinski definition) is 2. The highest BCUT2D eigenvalue weighted by atomic mass is 127. The van der Waals surface area contributed by atoms with Crippen molar-refractivity contribution in [3.63, 3.8) is 0 Å². The minimum Gasteiger partial charge on any atom is -0.463 e. The first-order chi connectivity index (χ1) is 12.9. The van der Waals surface area contributed by atoms with Crippen molar-refractivity contribution in [2.75, 3.05) is 11.9 Å². The van der Waals surface area contributed by atoms with Crippen LogP contribution >= 0.6 is 22.6 Å². The topological polar surface area (TPSA) is 87.5 Å². The molecule has 0 spiro atoms. The van der Waals surface area contributed by atoms with Gasteiger partial charge in [-0.25, -0.2) is 14.0 Å². The van der Waals surface area contributed by atoms with Gasteiger partial charge in [0.05, 0.1) is 5.52 Å². The molecule has 0 radical (unpaired) electrons. The van der Waals surface area contributed by atoms with Gasteiger partial charge in [0.15, 0.2) is 0 Å². The molecule has 0 atom stereocenters. The minimum atomic E-state index is -1.18. The van der Waals surface area contributed by atoms with Gasteiger partial charge in [-0.05, 0) is 64.4 Å². The third-order valence-electron chi connectivity index (χ3n) is 4.51. The van der Waals surface area contributed by atoms with E-state index in [1.807, 2.05) is 28.7 Å². The van der Waals surface area contributed by atoms with Crippen molar-refractivity contribution in [2.24, 2.45) is 0 Å². The number of benzene rings is 2. The maximum atomic E-state index is 13.1. The standard InChI is InChI=1S/C18H14FIN4O3/c19-12-3-1-10(2-4-12)9-23-6-5-11-7-13-15(8-14(11)21-17(23)25)24(18(26)27)22-16(13)20/h1-4,7-8H,5-6,9H2,(H,21,25)(H,26,27). The molecule has 0 saturated heterocycles. The van der Waals surface area contributed by atoms with E-state index in [9.17, 15) is 19.1 Å². The van der Waals surface area contributed by atoms with Crippen molar-refractivity contribution in [3.05, 3.63) is 57.0 Å². The Kier molecular flexibility index (Phi) is 4.46. The van der Waals surface area contributed by atoms with Gasteiger partial charge in [-0.15, -0.1) is 0 Å². The van der Waals surface area contributed by atoms with Crippen molar-refractivity contribution in [1.82, 2.24) is 14.7 Å². The number of carboxylic acid groups (broad SMARTS) is 1. The molecule has 0 saturated carbocycles. The quantitative estimate of drug-likeness (QED) is 0.545. The Morgan fingerprint density at radius 2 is 2.04 bits per heavy atom. The normalized spacial score (nSPS) is 14.0. The molecule has 0 unspecified atom stereocenters. The van der Waals surface area contributed by atoms with E-state index >= 15 is 0 Å².